The number of hydrogen-bond acceptors (Lipinski definition) is 4. The van der Waals surface area contributed by atoms with Gasteiger partial charge < -0.3 is 9.90 Å². The molecule has 0 unspecified atom stereocenters. The molecule has 0 radical (unpaired) electrons. The number of sulfonamides is 1. The van der Waals surface area contributed by atoms with E-state index in [0.717, 1.165) is 6.07 Å². The van der Waals surface area contributed by atoms with Crippen LogP contribution >= 0.6 is 23.2 Å². The van der Waals surface area contributed by atoms with Gasteiger partial charge in [0.15, 0.2) is 0 Å². The topological polar surface area (TPSA) is 86.3 Å². The normalized spacial score (nSPS) is 11.1. The summed E-state index contributed by atoms with van der Waals surface area (Å²) in [5.41, 5.74) is -0.0351. The standard InChI is InChI=1S/C13H9Cl2NO4S/c14-11-5-4-10(7-12(11)15)21(19,20)16-9-3-1-2-8(6-9)13(17)18/h1-7,16H,(H,17,18)/p-1. The highest BCUT2D eigenvalue weighted by Crippen LogP contribution is 2.26. The van der Waals surface area contributed by atoms with Crippen molar-refractivity contribution in [3.05, 3.63) is 58.1 Å². The van der Waals surface area contributed by atoms with Crippen LogP contribution in [-0.2, 0) is 10.0 Å². The molecule has 0 saturated carbocycles. The van der Waals surface area contributed by atoms with E-state index in [1.807, 2.05) is 0 Å². The summed E-state index contributed by atoms with van der Waals surface area (Å²) < 4.78 is 26.6. The number of carbonyl (C=O) groups excluding carboxylic acids is 1. The summed E-state index contributed by atoms with van der Waals surface area (Å²) in [4.78, 5) is 10.7. The minimum absolute atomic E-state index is 0.0873. The Morgan fingerprint density at radius 1 is 1.05 bits per heavy atom. The number of hydrogen-bond donors (Lipinski definition) is 1. The van der Waals surface area contributed by atoms with E-state index in [1.165, 1.54) is 36.4 Å². The molecule has 1 N–H and O–H groups in total. The second-order valence-electron chi connectivity index (χ2n) is 4.05. The maximum Gasteiger partial charge on any atom is 0.261 e. The van der Waals surface area contributed by atoms with Crippen LogP contribution in [0.15, 0.2) is 47.4 Å². The van der Waals surface area contributed by atoms with E-state index in [2.05, 4.69) is 4.72 Å². The largest absolute Gasteiger partial charge is 0.545 e. The van der Waals surface area contributed by atoms with Crippen molar-refractivity contribution < 1.29 is 18.3 Å². The van der Waals surface area contributed by atoms with Crippen molar-refractivity contribution in [1.82, 2.24) is 0 Å². The van der Waals surface area contributed by atoms with Crippen LogP contribution in [0.2, 0.25) is 10.0 Å². The van der Waals surface area contributed by atoms with E-state index in [-0.39, 0.29) is 26.2 Å². The summed E-state index contributed by atoms with van der Waals surface area (Å²) >= 11 is 11.5. The number of carbonyl (C=O) groups is 1. The van der Waals surface area contributed by atoms with Gasteiger partial charge in [-0.05, 0) is 35.9 Å². The average Bonchev–Trinajstić information content (AvgIpc) is 2.41. The van der Waals surface area contributed by atoms with Crippen LogP contribution in [0.1, 0.15) is 10.4 Å². The van der Waals surface area contributed by atoms with Gasteiger partial charge in [-0.25, -0.2) is 8.42 Å². The molecule has 2 aromatic carbocycles. The van der Waals surface area contributed by atoms with Gasteiger partial charge in [0.05, 0.1) is 20.9 Å². The molecule has 0 spiro atoms. The Bertz CT molecular complexity index is 806. The van der Waals surface area contributed by atoms with Gasteiger partial charge in [-0.3, -0.25) is 4.72 Å². The minimum Gasteiger partial charge on any atom is -0.545 e. The fraction of sp³-hybridized carbons (Fsp3) is 0. The zero-order valence-corrected chi connectivity index (χ0v) is 12.7. The monoisotopic (exact) mass is 344 g/mol. The molecule has 21 heavy (non-hydrogen) atoms. The van der Waals surface area contributed by atoms with E-state index in [9.17, 15) is 18.3 Å². The average molecular weight is 345 g/mol. The molecule has 0 amide bonds. The van der Waals surface area contributed by atoms with Crippen molar-refractivity contribution in [3.8, 4) is 0 Å². The Hall–Kier alpha value is -1.76. The SMILES string of the molecule is O=C([O-])c1cccc(NS(=O)(=O)c2ccc(Cl)c(Cl)c2)c1. The first kappa shape index (κ1) is 15.6. The Morgan fingerprint density at radius 2 is 1.76 bits per heavy atom. The van der Waals surface area contributed by atoms with E-state index in [0.29, 0.717) is 0 Å². The van der Waals surface area contributed by atoms with Crippen LogP contribution < -0.4 is 9.83 Å². The van der Waals surface area contributed by atoms with Gasteiger partial charge in [0.1, 0.15) is 0 Å². The van der Waals surface area contributed by atoms with Gasteiger partial charge in [0.25, 0.3) is 10.0 Å². The number of carboxylic acid groups (broad SMARTS) is 1. The summed E-state index contributed by atoms with van der Waals surface area (Å²) in [5.74, 6) is -1.40. The fourth-order valence-corrected chi connectivity index (χ4v) is 3.01. The van der Waals surface area contributed by atoms with Crippen LogP contribution in [0.4, 0.5) is 5.69 Å². The molecule has 0 aliphatic carbocycles. The zero-order valence-electron chi connectivity index (χ0n) is 10.3. The molecule has 0 heterocycles. The predicted octanol–water partition coefficient (Wildman–Crippen LogP) is 2.16. The molecule has 2 rings (SSSR count). The van der Waals surface area contributed by atoms with E-state index in [4.69, 9.17) is 23.2 Å². The summed E-state index contributed by atoms with van der Waals surface area (Å²) in [6.45, 7) is 0. The molecule has 0 aliphatic heterocycles. The van der Waals surface area contributed by atoms with Crippen molar-refractivity contribution in [2.24, 2.45) is 0 Å². The number of benzene rings is 2. The molecule has 5 nitrogen and oxygen atoms in total. The van der Waals surface area contributed by atoms with Crippen LogP contribution in [0, 0.1) is 0 Å². The summed E-state index contributed by atoms with van der Waals surface area (Å²) in [6.07, 6.45) is 0. The molecule has 0 aliphatic rings. The first-order valence-corrected chi connectivity index (χ1v) is 7.83. The van der Waals surface area contributed by atoms with Crippen LogP contribution in [0.25, 0.3) is 0 Å². The van der Waals surface area contributed by atoms with Crippen molar-refractivity contribution >= 4 is 44.9 Å². The first-order valence-electron chi connectivity index (χ1n) is 5.59. The molecule has 8 heteroatoms. The van der Waals surface area contributed by atoms with Crippen LogP contribution in [0.3, 0.4) is 0 Å². The van der Waals surface area contributed by atoms with E-state index in [1.54, 1.807) is 0 Å². The Morgan fingerprint density at radius 3 is 2.38 bits per heavy atom. The Labute approximate surface area is 131 Å². The Kier molecular flexibility index (Phi) is 4.41. The third-order valence-electron chi connectivity index (χ3n) is 2.55. The number of halogens is 2. The molecular formula is C13H8Cl2NO4S-. The van der Waals surface area contributed by atoms with Gasteiger partial charge in [0.2, 0.25) is 0 Å². The van der Waals surface area contributed by atoms with E-state index < -0.39 is 16.0 Å². The number of carboxylic acids is 1. The molecular weight excluding hydrogens is 337 g/mol. The number of aromatic carboxylic acids is 1. The number of rotatable bonds is 4. The van der Waals surface area contributed by atoms with Gasteiger partial charge >= 0.3 is 0 Å². The quantitative estimate of drug-likeness (QED) is 0.920. The fourth-order valence-electron chi connectivity index (χ4n) is 1.57. The second-order valence-corrected chi connectivity index (χ2v) is 6.55. The third kappa shape index (κ3) is 3.66. The van der Waals surface area contributed by atoms with Gasteiger partial charge in [-0.15, -0.1) is 0 Å². The zero-order chi connectivity index (χ0) is 15.6. The van der Waals surface area contributed by atoms with Gasteiger partial charge in [-0.2, -0.15) is 0 Å². The highest BCUT2D eigenvalue weighted by molar-refractivity contribution is 7.92. The first-order chi connectivity index (χ1) is 9.79. The summed E-state index contributed by atoms with van der Waals surface area (Å²) in [6, 6.07) is 9.13. The summed E-state index contributed by atoms with van der Waals surface area (Å²) in [7, 11) is -3.90. The van der Waals surface area contributed by atoms with Gasteiger partial charge in [0, 0.05) is 5.69 Å². The smallest absolute Gasteiger partial charge is 0.261 e. The maximum atomic E-state index is 12.2. The van der Waals surface area contributed by atoms with E-state index >= 15 is 0 Å². The lowest BCUT2D eigenvalue weighted by molar-refractivity contribution is -0.255. The highest BCUT2D eigenvalue weighted by atomic mass is 35.5. The van der Waals surface area contributed by atoms with Crippen molar-refractivity contribution in [2.45, 2.75) is 4.90 Å². The minimum atomic E-state index is -3.90. The molecule has 0 saturated heterocycles. The van der Waals surface area contributed by atoms with Crippen molar-refractivity contribution in [1.29, 1.82) is 0 Å². The Balaban J connectivity index is 2.35. The molecule has 2 aromatic rings. The molecule has 0 aromatic heterocycles. The lowest BCUT2D eigenvalue weighted by Gasteiger charge is -2.10. The molecule has 0 bridgehead atoms. The van der Waals surface area contributed by atoms with Crippen molar-refractivity contribution in [3.63, 3.8) is 0 Å². The van der Waals surface area contributed by atoms with Gasteiger partial charge in [-0.1, -0.05) is 35.3 Å². The predicted molar refractivity (Wildman–Crippen MR) is 78.0 cm³/mol. The number of nitrogens with one attached hydrogen (secondary N) is 1. The molecule has 110 valence electrons. The van der Waals surface area contributed by atoms with Crippen LogP contribution in [0.5, 0.6) is 0 Å². The maximum absolute atomic E-state index is 12.2. The number of anilines is 1. The second kappa shape index (κ2) is 5.93. The van der Waals surface area contributed by atoms with Crippen molar-refractivity contribution in [2.75, 3.05) is 4.72 Å². The lowest BCUT2D eigenvalue weighted by atomic mass is 10.2. The highest BCUT2D eigenvalue weighted by Gasteiger charge is 2.15. The lowest BCUT2D eigenvalue weighted by Crippen LogP contribution is -2.22. The summed E-state index contributed by atoms with van der Waals surface area (Å²) in [5, 5.41) is 11.1. The van der Waals surface area contributed by atoms with Crippen LogP contribution in [-0.4, -0.2) is 14.4 Å². The third-order valence-corrected chi connectivity index (χ3v) is 4.67. The molecule has 0 atom stereocenters. The molecule has 0 fully saturated rings.